The van der Waals surface area contributed by atoms with Gasteiger partial charge in [0.15, 0.2) is 0 Å². The summed E-state index contributed by atoms with van der Waals surface area (Å²) in [6.45, 7) is 2.27. The van der Waals surface area contributed by atoms with Gasteiger partial charge in [0.05, 0.1) is 0 Å². The van der Waals surface area contributed by atoms with Crippen molar-refractivity contribution in [3.8, 4) is 23.0 Å². The van der Waals surface area contributed by atoms with E-state index in [1.54, 1.807) is 0 Å². The molecule has 2 heterocycles. The molecule has 1 radical (unpaired) electrons. The topological polar surface area (TPSA) is 18.5 Å². The smallest absolute Gasteiger partial charge is 0.235 e. The van der Waals surface area contributed by atoms with Crippen molar-refractivity contribution in [2.24, 2.45) is 5.92 Å². The third-order valence-electron chi connectivity index (χ3n) is 7.82. The Morgan fingerprint density at radius 3 is 2.40 bits per heavy atom. The van der Waals surface area contributed by atoms with Crippen LogP contribution >= 0.6 is 0 Å². The maximum absolute atomic E-state index is 6.54. The Labute approximate surface area is 185 Å². The number of rotatable bonds is 1. The standard InChI is InChI=1S/C26H22BO2.Am/c1-16-12-23-25-24(13-16)29-22-14-18(26-10-8-17(15-26)9-11-26)6-7-20(22)27(25)19-4-2-3-5-21(19)28-23;/h2,4-7,12-14,17H,8-11,15H2,1H3;/q-1;. The van der Waals surface area contributed by atoms with Crippen LogP contribution in [-0.4, -0.2) is 6.71 Å². The molecule has 2 nitrogen and oxygen atoms in total. The van der Waals surface area contributed by atoms with Gasteiger partial charge in [0.1, 0.15) is 17.2 Å². The number of benzene rings is 3. The van der Waals surface area contributed by atoms with E-state index in [-0.39, 0.29) is 21.0 Å². The van der Waals surface area contributed by atoms with Crippen LogP contribution in [0.4, 0.5) is 0 Å². The van der Waals surface area contributed by atoms with Gasteiger partial charge in [-0.25, -0.2) is 0 Å². The molecule has 2 aliphatic carbocycles. The Kier molecular flexibility index (Phi) is 3.92. The third-order valence-corrected chi connectivity index (χ3v) is 7.82. The van der Waals surface area contributed by atoms with E-state index in [1.165, 1.54) is 48.6 Å². The monoisotopic (exact) mass is 618 g/mol. The Morgan fingerprint density at radius 2 is 1.67 bits per heavy atom. The first-order valence-corrected chi connectivity index (χ1v) is 10.8. The molecule has 0 spiro atoms. The average Bonchev–Trinajstić information content (AvgIpc) is 3.35. The van der Waals surface area contributed by atoms with Crippen LogP contribution in [0.3, 0.4) is 0 Å². The summed E-state index contributed by atoms with van der Waals surface area (Å²) in [5.74, 6) is 4.74. The molecule has 0 atom stereocenters. The quantitative estimate of drug-likeness (QED) is 0.205. The normalized spacial score (nSPS) is 24.2. The second-order valence-corrected chi connectivity index (χ2v) is 9.46. The van der Waals surface area contributed by atoms with E-state index in [0.717, 1.165) is 39.9 Å². The number of hydrogen-bond donors (Lipinski definition) is 0. The van der Waals surface area contributed by atoms with E-state index in [1.807, 2.05) is 12.1 Å². The van der Waals surface area contributed by atoms with Crippen LogP contribution in [0.25, 0.3) is 0 Å². The maximum Gasteiger partial charge on any atom is 0.235 e. The van der Waals surface area contributed by atoms with Crippen molar-refractivity contribution in [3.63, 3.8) is 0 Å². The molecular weight excluding hydrogens is 598 g/mol. The zero-order chi connectivity index (χ0) is 19.2. The van der Waals surface area contributed by atoms with Crippen LogP contribution in [0, 0.1) is 33.2 Å². The molecular formula is C26H22AmBO2-. The predicted molar refractivity (Wildman–Crippen MR) is 116 cm³/mol. The zero-order valence-corrected chi connectivity index (χ0v) is 20.2. The molecule has 2 bridgehead atoms. The number of hydrogen-bond acceptors (Lipinski definition) is 2. The predicted octanol–water partition coefficient (Wildman–Crippen LogP) is 4.35. The van der Waals surface area contributed by atoms with Crippen molar-refractivity contribution in [2.75, 3.05) is 0 Å². The summed E-state index contributed by atoms with van der Waals surface area (Å²) in [6, 6.07) is 20.6. The molecule has 0 N–H and O–H groups in total. The van der Waals surface area contributed by atoms with Crippen molar-refractivity contribution < 1.29 is 23.8 Å². The van der Waals surface area contributed by atoms with Crippen molar-refractivity contribution in [3.05, 3.63) is 65.7 Å². The van der Waals surface area contributed by atoms with E-state index in [9.17, 15) is 0 Å². The number of ether oxygens (including phenoxy) is 2. The summed E-state index contributed by atoms with van der Waals surface area (Å²) in [5, 5.41) is 0. The van der Waals surface area contributed by atoms with Crippen LogP contribution in [-0.2, 0) is 5.41 Å². The van der Waals surface area contributed by atoms with Crippen LogP contribution in [0.15, 0.2) is 48.5 Å². The molecule has 7 rings (SSSR count). The summed E-state index contributed by atoms with van der Waals surface area (Å²) in [6.07, 6.45) is 6.83. The molecule has 0 saturated heterocycles. The summed E-state index contributed by atoms with van der Waals surface area (Å²) in [5.41, 5.74) is 6.66. The first-order chi connectivity index (χ1) is 14.2. The van der Waals surface area contributed by atoms with Gasteiger partial charge in [-0.15, -0.1) is 11.5 Å². The summed E-state index contributed by atoms with van der Waals surface area (Å²) >= 11 is 0. The number of aryl methyl sites for hydroxylation is 1. The molecule has 2 saturated carbocycles. The van der Waals surface area contributed by atoms with Crippen molar-refractivity contribution in [2.45, 2.75) is 44.4 Å². The largest absolute Gasteiger partial charge is 0.518 e. The van der Waals surface area contributed by atoms with Crippen molar-refractivity contribution in [1.82, 2.24) is 0 Å². The maximum atomic E-state index is 6.54. The molecule has 2 fully saturated rings. The van der Waals surface area contributed by atoms with Crippen molar-refractivity contribution >= 4 is 23.1 Å². The molecule has 149 valence electrons. The van der Waals surface area contributed by atoms with E-state index in [2.05, 4.69) is 49.4 Å². The van der Waals surface area contributed by atoms with E-state index in [0.29, 0.717) is 5.41 Å². The third kappa shape index (κ3) is 2.41. The first-order valence-electron chi connectivity index (χ1n) is 10.8. The van der Waals surface area contributed by atoms with Gasteiger partial charge in [-0.05, 0) is 85.1 Å². The minimum atomic E-state index is 0. The van der Waals surface area contributed by atoms with Gasteiger partial charge in [0.25, 0.3) is 0 Å². The van der Waals surface area contributed by atoms with Gasteiger partial charge >= 0.3 is 0 Å². The SMILES string of the molecule is Cc1cc2c3c(c1)Oc1cc(C45CCC(CC4)C5)ccc1B3c1cc[c-]cc1O2.[Am]. The van der Waals surface area contributed by atoms with E-state index in [4.69, 9.17) is 9.47 Å². The summed E-state index contributed by atoms with van der Waals surface area (Å²) in [7, 11) is 0. The molecule has 2 aliphatic heterocycles. The minimum absolute atomic E-state index is 0. The zero-order valence-electron chi connectivity index (χ0n) is 17.0. The number of fused-ring (bicyclic) bond motifs is 6. The fraction of sp³-hybridized carbons (Fsp3) is 0.308. The molecule has 4 aliphatic rings. The molecule has 4 heteroatoms. The van der Waals surface area contributed by atoms with Gasteiger partial charge < -0.3 is 9.47 Å². The second kappa shape index (κ2) is 6.36. The Morgan fingerprint density at radius 1 is 0.933 bits per heavy atom. The van der Waals surface area contributed by atoms with Crippen LogP contribution < -0.4 is 25.9 Å². The van der Waals surface area contributed by atoms with Crippen LogP contribution in [0.5, 0.6) is 23.0 Å². The van der Waals surface area contributed by atoms with Crippen LogP contribution in [0.2, 0.25) is 0 Å². The molecule has 0 amide bonds. The minimum Gasteiger partial charge on any atom is -0.518 e. The fourth-order valence-electron chi connectivity index (χ4n) is 6.44. The molecule has 3 aromatic rings. The van der Waals surface area contributed by atoms with Gasteiger partial charge in [-0.1, -0.05) is 12.1 Å². The molecule has 0 unspecified atom stereocenters. The Hall–Kier alpha value is -2.29. The summed E-state index contributed by atoms with van der Waals surface area (Å²) in [4.78, 5) is 0. The first kappa shape index (κ1) is 18.5. The van der Waals surface area contributed by atoms with Crippen molar-refractivity contribution in [1.29, 1.82) is 0 Å². The molecule has 30 heavy (non-hydrogen) atoms. The van der Waals surface area contributed by atoms with E-state index < -0.39 is 0 Å². The van der Waals surface area contributed by atoms with Gasteiger partial charge in [0, 0.05) is 25.5 Å². The second-order valence-electron chi connectivity index (χ2n) is 9.46. The molecule has 3 aromatic carbocycles. The Bertz CT molecular complexity index is 1180. The van der Waals surface area contributed by atoms with Crippen LogP contribution in [0.1, 0.15) is 43.2 Å². The average molecular weight is 620 g/mol. The Balaban J connectivity index is 0.00000175. The van der Waals surface area contributed by atoms with Gasteiger partial charge in [0.2, 0.25) is 6.71 Å². The van der Waals surface area contributed by atoms with Gasteiger partial charge in [-0.3, -0.25) is 0 Å². The molecule has 0 aromatic heterocycles. The fourth-order valence-corrected chi connectivity index (χ4v) is 6.44. The van der Waals surface area contributed by atoms with E-state index >= 15 is 0 Å². The van der Waals surface area contributed by atoms with Gasteiger partial charge in [-0.2, -0.15) is 18.2 Å². The summed E-state index contributed by atoms with van der Waals surface area (Å²) < 4.78 is 12.8.